The van der Waals surface area contributed by atoms with E-state index in [-0.39, 0.29) is 18.3 Å². The number of ether oxygens (including phenoxy) is 1. The normalized spacial score (nSPS) is 10.2. The topological polar surface area (TPSA) is 64.3 Å². The average molecular weight is 288 g/mol. The summed E-state index contributed by atoms with van der Waals surface area (Å²) in [7, 11) is 0. The zero-order valence-electron chi connectivity index (χ0n) is 11.9. The molecular weight excluding hydrogens is 271 g/mol. The molecule has 110 valence electrons. The van der Waals surface area contributed by atoms with Crippen molar-refractivity contribution in [3.63, 3.8) is 0 Å². The Morgan fingerprint density at radius 1 is 1.19 bits per heavy atom. The van der Waals surface area contributed by atoms with Crippen LogP contribution in [0.15, 0.2) is 36.4 Å². The quantitative estimate of drug-likeness (QED) is 0.850. The number of hydrogen-bond donors (Lipinski definition) is 2. The van der Waals surface area contributed by atoms with Crippen molar-refractivity contribution in [2.45, 2.75) is 13.8 Å². The molecule has 1 amide bonds. The van der Waals surface area contributed by atoms with Gasteiger partial charge in [-0.1, -0.05) is 6.07 Å². The van der Waals surface area contributed by atoms with Crippen molar-refractivity contribution in [3.8, 4) is 5.75 Å². The number of nitrogens with one attached hydrogen (secondary N) is 1. The van der Waals surface area contributed by atoms with Crippen molar-refractivity contribution in [3.05, 3.63) is 53.3 Å². The highest BCUT2D eigenvalue weighted by Gasteiger charge is 2.07. The van der Waals surface area contributed by atoms with E-state index in [4.69, 9.17) is 10.5 Å². The molecule has 0 saturated heterocycles. The number of amides is 1. The van der Waals surface area contributed by atoms with Gasteiger partial charge in [0, 0.05) is 11.4 Å². The van der Waals surface area contributed by atoms with Gasteiger partial charge in [0.25, 0.3) is 5.91 Å². The Balaban J connectivity index is 1.94. The fourth-order valence-electron chi connectivity index (χ4n) is 1.85. The summed E-state index contributed by atoms with van der Waals surface area (Å²) in [4.78, 5) is 11.8. The Bertz CT molecular complexity index is 671. The maximum atomic E-state index is 13.4. The summed E-state index contributed by atoms with van der Waals surface area (Å²) in [6.07, 6.45) is 0. The molecule has 0 fully saturated rings. The summed E-state index contributed by atoms with van der Waals surface area (Å²) in [6.45, 7) is 3.35. The van der Waals surface area contributed by atoms with Crippen molar-refractivity contribution in [1.29, 1.82) is 0 Å². The van der Waals surface area contributed by atoms with E-state index >= 15 is 0 Å². The van der Waals surface area contributed by atoms with Crippen LogP contribution in [0, 0.1) is 19.7 Å². The summed E-state index contributed by atoms with van der Waals surface area (Å²) in [5.41, 5.74) is 8.06. The molecule has 5 heteroatoms. The van der Waals surface area contributed by atoms with Crippen LogP contribution in [0.2, 0.25) is 0 Å². The lowest BCUT2D eigenvalue weighted by Gasteiger charge is -2.10. The smallest absolute Gasteiger partial charge is 0.262 e. The molecule has 3 N–H and O–H groups in total. The van der Waals surface area contributed by atoms with Crippen molar-refractivity contribution in [1.82, 2.24) is 0 Å². The lowest BCUT2D eigenvalue weighted by atomic mass is 10.2. The number of carbonyl (C=O) groups is 1. The lowest BCUT2D eigenvalue weighted by Crippen LogP contribution is -2.20. The van der Waals surface area contributed by atoms with E-state index in [1.165, 1.54) is 6.07 Å². The highest BCUT2D eigenvalue weighted by Crippen LogP contribution is 2.20. The second-order valence-electron chi connectivity index (χ2n) is 4.83. The molecule has 0 atom stereocenters. The lowest BCUT2D eigenvalue weighted by molar-refractivity contribution is -0.118. The Hall–Kier alpha value is -2.56. The Labute approximate surface area is 122 Å². The first-order valence-corrected chi connectivity index (χ1v) is 6.50. The van der Waals surface area contributed by atoms with Gasteiger partial charge in [-0.2, -0.15) is 0 Å². The largest absolute Gasteiger partial charge is 0.483 e. The molecule has 0 unspecified atom stereocenters. The molecular formula is C16H17FN2O2. The highest BCUT2D eigenvalue weighted by atomic mass is 19.1. The van der Waals surface area contributed by atoms with E-state index < -0.39 is 0 Å². The summed E-state index contributed by atoms with van der Waals surface area (Å²) in [6, 6.07) is 9.71. The average Bonchev–Trinajstić information content (AvgIpc) is 2.42. The van der Waals surface area contributed by atoms with Gasteiger partial charge in [0.05, 0.1) is 0 Å². The zero-order chi connectivity index (χ0) is 15.4. The number of nitrogen functional groups attached to an aromatic ring is 1. The second-order valence-corrected chi connectivity index (χ2v) is 4.83. The van der Waals surface area contributed by atoms with Crippen LogP contribution in [-0.4, -0.2) is 12.5 Å². The van der Waals surface area contributed by atoms with Crippen LogP contribution < -0.4 is 15.8 Å². The van der Waals surface area contributed by atoms with E-state index in [9.17, 15) is 9.18 Å². The molecule has 2 aromatic carbocycles. The van der Waals surface area contributed by atoms with E-state index in [1.54, 1.807) is 37.3 Å². The van der Waals surface area contributed by atoms with Crippen LogP contribution in [0.1, 0.15) is 11.1 Å². The van der Waals surface area contributed by atoms with Gasteiger partial charge in [0.15, 0.2) is 6.61 Å². The maximum absolute atomic E-state index is 13.4. The van der Waals surface area contributed by atoms with Crippen molar-refractivity contribution in [2.75, 3.05) is 17.7 Å². The summed E-state index contributed by atoms with van der Waals surface area (Å²) < 4.78 is 18.8. The third-order valence-electron chi connectivity index (χ3n) is 3.01. The Morgan fingerprint density at radius 2 is 1.95 bits per heavy atom. The Kier molecular flexibility index (Phi) is 4.42. The molecule has 0 aliphatic carbocycles. The van der Waals surface area contributed by atoms with Crippen molar-refractivity contribution >= 4 is 17.3 Å². The van der Waals surface area contributed by atoms with E-state index in [2.05, 4.69) is 5.32 Å². The van der Waals surface area contributed by atoms with Crippen molar-refractivity contribution < 1.29 is 13.9 Å². The van der Waals surface area contributed by atoms with Gasteiger partial charge in [-0.3, -0.25) is 4.79 Å². The van der Waals surface area contributed by atoms with Gasteiger partial charge in [-0.25, -0.2) is 4.39 Å². The van der Waals surface area contributed by atoms with Crippen LogP contribution in [0.3, 0.4) is 0 Å². The molecule has 0 heterocycles. The molecule has 21 heavy (non-hydrogen) atoms. The minimum absolute atomic E-state index is 0.153. The summed E-state index contributed by atoms with van der Waals surface area (Å²) >= 11 is 0. The van der Waals surface area contributed by atoms with Gasteiger partial charge < -0.3 is 15.8 Å². The molecule has 2 aromatic rings. The molecule has 0 spiro atoms. The zero-order valence-corrected chi connectivity index (χ0v) is 11.9. The first-order valence-electron chi connectivity index (χ1n) is 6.50. The van der Waals surface area contributed by atoms with Gasteiger partial charge in [-0.05, 0) is 55.3 Å². The molecule has 4 nitrogen and oxygen atoms in total. The SMILES string of the molecule is Cc1ccc(NC(=O)COc2ccc(N)cc2C)cc1F. The monoisotopic (exact) mass is 288 g/mol. The molecule has 0 aliphatic heterocycles. The number of aryl methyl sites for hydroxylation is 2. The maximum Gasteiger partial charge on any atom is 0.262 e. The summed E-state index contributed by atoms with van der Waals surface area (Å²) in [5, 5.41) is 2.58. The number of halogens is 1. The number of hydrogen-bond acceptors (Lipinski definition) is 3. The van der Waals surface area contributed by atoms with Gasteiger partial charge in [-0.15, -0.1) is 0 Å². The minimum atomic E-state index is -0.358. The predicted octanol–water partition coefficient (Wildman–Crippen LogP) is 3.04. The summed E-state index contributed by atoms with van der Waals surface area (Å²) in [5.74, 6) is -0.119. The molecule has 0 saturated carbocycles. The Morgan fingerprint density at radius 3 is 2.62 bits per heavy atom. The van der Waals surface area contributed by atoms with E-state index in [0.29, 0.717) is 22.7 Å². The minimum Gasteiger partial charge on any atom is -0.483 e. The molecule has 0 radical (unpaired) electrons. The first kappa shape index (κ1) is 14.8. The molecule has 0 bridgehead atoms. The van der Waals surface area contributed by atoms with Crippen LogP contribution >= 0.6 is 0 Å². The predicted molar refractivity (Wildman–Crippen MR) is 80.9 cm³/mol. The van der Waals surface area contributed by atoms with Crippen molar-refractivity contribution in [2.24, 2.45) is 0 Å². The molecule has 0 aromatic heterocycles. The van der Waals surface area contributed by atoms with Crippen LogP contribution in [0.5, 0.6) is 5.75 Å². The van der Waals surface area contributed by atoms with Crippen LogP contribution in [-0.2, 0) is 4.79 Å². The van der Waals surface area contributed by atoms with E-state index in [0.717, 1.165) is 5.56 Å². The fraction of sp³-hybridized carbons (Fsp3) is 0.188. The van der Waals surface area contributed by atoms with Crippen LogP contribution in [0.4, 0.5) is 15.8 Å². The third kappa shape index (κ3) is 3.95. The number of rotatable bonds is 4. The van der Waals surface area contributed by atoms with Gasteiger partial charge >= 0.3 is 0 Å². The molecule has 0 aliphatic rings. The van der Waals surface area contributed by atoms with Crippen LogP contribution in [0.25, 0.3) is 0 Å². The molecule has 2 rings (SSSR count). The second kappa shape index (κ2) is 6.26. The number of nitrogens with two attached hydrogens (primary N) is 1. The third-order valence-corrected chi connectivity index (χ3v) is 3.01. The van der Waals surface area contributed by atoms with Gasteiger partial charge in [0.1, 0.15) is 11.6 Å². The highest BCUT2D eigenvalue weighted by molar-refractivity contribution is 5.91. The number of benzene rings is 2. The van der Waals surface area contributed by atoms with E-state index in [1.807, 2.05) is 6.92 Å². The number of carbonyl (C=O) groups excluding carboxylic acids is 1. The number of anilines is 2. The first-order chi connectivity index (χ1) is 9.95. The standard InChI is InChI=1S/C16H17FN2O2/c1-10-3-5-13(8-14(10)17)19-16(20)9-21-15-6-4-12(18)7-11(15)2/h3-8H,9,18H2,1-2H3,(H,19,20). The van der Waals surface area contributed by atoms with Gasteiger partial charge in [0.2, 0.25) is 0 Å². The fourth-order valence-corrected chi connectivity index (χ4v) is 1.85.